The predicted molar refractivity (Wildman–Crippen MR) is 74.8 cm³/mol. The Morgan fingerprint density at radius 1 is 1.33 bits per heavy atom. The van der Waals surface area contributed by atoms with Gasteiger partial charge in [-0.25, -0.2) is 4.98 Å². The van der Waals surface area contributed by atoms with Gasteiger partial charge in [-0.3, -0.25) is 0 Å². The maximum Gasteiger partial charge on any atom is 0.109 e. The summed E-state index contributed by atoms with van der Waals surface area (Å²) in [6.45, 7) is 0.872. The third kappa shape index (κ3) is 3.34. The fraction of sp³-hybridized carbons (Fsp3) is 0.357. The van der Waals surface area contributed by atoms with Crippen molar-refractivity contribution in [3.05, 3.63) is 54.1 Å². The van der Waals surface area contributed by atoms with E-state index in [2.05, 4.69) is 22.4 Å². The number of halogens is 1. The summed E-state index contributed by atoms with van der Waals surface area (Å²) in [7, 11) is 2.01. The highest BCUT2D eigenvalue weighted by Gasteiger charge is 2.09. The molecule has 0 saturated carbocycles. The van der Waals surface area contributed by atoms with Crippen molar-refractivity contribution in [2.75, 3.05) is 12.4 Å². The van der Waals surface area contributed by atoms with E-state index in [0.717, 1.165) is 18.8 Å². The lowest BCUT2D eigenvalue weighted by Gasteiger charge is -2.16. The first kappa shape index (κ1) is 13.1. The van der Waals surface area contributed by atoms with Crippen molar-refractivity contribution in [3.63, 3.8) is 0 Å². The fourth-order valence-electron chi connectivity index (χ4n) is 1.94. The number of benzene rings is 1. The molecular weight excluding hydrogens is 246 g/mol. The second kappa shape index (κ2) is 6.57. The zero-order chi connectivity index (χ0) is 12.8. The largest absolute Gasteiger partial charge is 0.338 e. The van der Waals surface area contributed by atoms with Gasteiger partial charge in [0.2, 0.25) is 0 Å². The molecule has 0 aliphatic heterocycles. The van der Waals surface area contributed by atoms with Gasteiger partial charge in [0.25, 0.3) is 0 Å². The van der Waals surface area contributed by atoms with E-state index in [9.17, 15) is 0 Å². The van der Waals surface area contributed by atoms with Gasteiger partial charge in [0.1, 0.15) is 5.82 Å². The second-order valence-corrected chi connectivity index (χ2v) is 4.58. The minimum absolute atomic E-state index is 0.202. The van der Waals surface area contributed by atoms with Crippen LogP contribution >= 0.6 is 11.6 Å². The molecule has 1 unspecified atom stereocenters. The number of alkyl halides is 1. The lowest BCUT2D eigenvalue weighted by atomic mass is 10.1. The van der Waals surface area contributed by atoms with Crippen LogP contribution in [0, 0.1) is 0 Å². The number of rotatable bonds is 6. The van der Waals surface area contributed by atoms with Crippen LogP contribution in [0.3, 0.4) is 0 Å². The molecule has 1 aromatic heterocycles. The summed E-state index contributed by atoms with van der Waals surface area (Å²) in [5.41, 5.74) is 1.23. The highest BCUT2D eigenvalue weighted by molar-refractivity contribution is 6.18. The van der Waals surface area contributed by atoms with E-state index >= 15 is 0 Å². The maximum atomic E-state index is 6.01. The van der Waals surface area contributed by atoms with Crippen molar-refractivity contribution in [2.24, 2.45) is 7.05 Å². The van der Waals surface area contributed by atoms with Crippen LogP contribution in [0.15, 0.2) is 42.7 Å². The molecule has 96 valence electrons. The SMILES string of the molecule is Cn1ccnc1CCNC(CCl)c1ccccc1. The van der Waals surface area contributed by atoms with Gasteiger partial charge < -0.3 is 9.88 Å². The molecular formula is C14H18ClN3. The summed E-state index contributed by atoms with van der Waals surface area (Å²) >= 11 is 6.01. The molecule has 0 bridgehead atoms. The normalized spacial score (nSPS) is 12.6. The van der Waals surface area contributed by atoms with E-state index in [1.165, 1.54) is 5.56 Å². The Bertz CT molecular complexity index is 467. The van der Waals surface area contributed by atoms with Gasteiger partial charge in [-0.05, 0) is 5.56 Å². The van der Waals surface area contributed by atoms with Crippen molar-refractivity contribution in [2.45, 2.75) is 12.5 Å². The van der Waals surface area contributed by atoms with Crippen molar-refractivity contribution in [3.8, 4) is 0 Å². The first-order chi connectivity index (χ1) is 8.81. The Morgan fingerprint density at radius 2 is 2.11 bits per heavy atom. The van der Waals surface area contributed by atoms with E-state index in [-0.39, 0.29) is 6.04 Å². The van der Waals surface area contributed by atoms with Gasteiger partial charge >= 0.3 is 0 Å². The van der Waals surface area contributed by atoms with E-state index in [4.69, 9.17) is 11.6 Å². The first-order valence-corrected chi connectivity index (χ1v) is 6.65. The number of nitrogens with zero attached hydrogens (tertiary/aromatic N) is 2. The number of imidazole rings is 1. The quantitative estimate of drug-likeness (QED) is 0.812. The average Bonchev–Trinajstić information content (AvgIpc) is 2.81. The van der Waals surface area contributed by atoms with Crippen LogP contribution in [0.25, 0.3) is 0 Å². The summed E-state index contributed by atoms with van der Waals surface area (Å²) in [5, 5.41) is 3.47. The summed E-state index contributed by atoms with van der Waals surface area (Å²) in [6.07, 6.45) is 4.70. The van der Waals surface area contributed by atoms with E-state index in [1.807, 2.05) is 42.2 Å². The highest BCUT2D eigenvalue weighted by Crippen LogP contribution is 2.13. The van der Waals surface area contributed by atoms with E-state index in [0.29, 0.717) is 5.88 Å². The molecule has 1 N–H and O–H groups in total. The Labute approximate surface area is 113 Å². The third-order valence-electron chi connectivity index (χ3n) is 3.02. The number of hydrogen-bond donors (Lipinski definition) is 1. The summed E-state index contributed by atoms with van der Waals surface area (Å²) in [5.74, 6) is 1.66. The Kier molecular flexibility index (Phi) is 4.79. The van der Waals surface area contributed by atoms with Crippen molar-refractivity contribution in [1.82, 2.24) is 14.9 Å². The molecule has 2 aromatic rings. The molecule has 0 aliphatic carbocycles. The number of aryl methyl sites for hydroxylation is 1. The molecule has 1 atom stereocenters. The van der Waals surface area contributed by atoms with Crippen molar-refractivity contribution < 1.29 is 0 Å². The third-order valence-corrected chi connectivity index (χ3v) is 3.33. The topological polar surface area (TPSA) is 29.9 Å². The Balaban J connectivity index is 1.87. The van der Waals surface area contributed by atoms with Crippen molar-refractivity contribution >= 4 is 11.6 Å². The average molecular weight is 264 g/mol. The van der Waals surface area contributed by atoms with Gasteiger partial charge in [-0.1, -0.05) is 30.3 Å². The van der Waals surface area contributed by atoms with Gasteiger partial charge in [0.05, 0.1) is 0 Å². The van der Waals surface area contributed by atoms with E-state index < -0.39 is 0 Å². The maximum absolute atomic E-state index is 6.01. The zero-order valence-electron chi connectivity index (χ0n) is 10.5. The summed E-state index contributed by atoms with van der Waals surface area (Å²) < 4.78 is 2.04. The molecule has 4 heteroatoms. The molecule has 0 amide bonds. The molecule has 2 rings (SSSR count). The van der Waals surface area contributed by atoms with Crippen LogP contribution in [0.4, 0.5) is 0 Å². The molecule has 1 aromatic carbocycles. The van der Waals surface area contributed by atoms with Crippen LogP contribution in [0.5, 0.6) is 0 Å². The monoisotopic (exact) mass is 263 g/mol. The van der Waals surface area contributed by atoms with Gasteiger partial charge in [-0.2, -0.15) is 0 Å². The van der Waals surface area contributed by atoms with Crippen LogP contribution < -0.4 is 5.32 Å². The molecule has 0 fully saturated rings. The van der Waals surface area contributed by atoms with Crippen LogP contribution in [0.2, 0.25) is 0 Å². The fourth-order valence-corrected chi connectivity index (χ4v) is 2.23. The molecule has 0 radical (unpaired) electrons. The van der Waals surface area contributed by atoms with Gasteiger partial charge in [0, 0.05) is 44.3 Å². The van der Waals surface area contributed by atoms with Gasteiger partial charge in [0.15, 0.2) is 0 Å². The lowest BCUT2D eigenvalue weighted by Crippen LogP contribution is -2.25. The number of aromatic nitrogens is 2. The second-order valence-electron chi connectivity index (χ2n) is 4.28. The van der Waals surface area contributed by atoms with Crippen LogP contribution in [-0.4, -0.2) is 22.0 Å². The Hall–Kier alpha value is -1.32. The molecule has 1 heterocycles. The zero-order valence-corrected chi connectivity index (χ0v) is 11.3. The minimum atomic E-state index is 0.202. The Morgan fingerprint density at radius 3 is 2.72 bits per heavy atom. The van der Waals surface area contributed by atoms with Crippen LogP contribution in [0.1, 0.15) is 17.4 Å². The highest BCUT2D eigenvalue weighted by atomic mass is 35.5. The van der Waals surface area contributed by atoms with Gasteiger partial charge in [-0.15, -0.1) is 11.6 Å². The molecule has 3 nitrogen and oxygen atoms in total. The number of nitrogens with one attached hydrogen (secondary N) is 1. The molecule has 0 spiro atoms. The predicted octanol–water partition coefficient (Wildman–Crippen LogP) is 2.53. The van der Waals surface area contributed by atoms with Crippen molar-refractivity contribution in [1.29, 1.82) is 0 Å². The smallest absolute Gasteiger partial charge is 0.109 e. The molecule has 0 saturated heterocycles. The number of hydrogen-bond acceptors (Lipinski definition) is 2. The van der Waals surface area contributed by atoms with Crippen LogP contribution in [-0.2, 0) is 13.5 Å². The first-order valence-electron chi connectivity index (χ1n) is 6.11. The summed E-state index contributed by atoms with van der Waals surface area (Å²) in [6, 6.07) is 10.5. The minimum Gasteiger partial charge on any atom is -0.338 e. The lowest BCUT2D eigenvalue weighted by molar-refractivity contribution is 0.569. The standard InChI is InChI=1S/C14H18ClN3/c1-18-10-9-17-14(18)7-8-16-13(11-15)12-5-3-2-4-6-12/h2-6,9-10,13,16H,7-8,11H2,1H3. The summed E-state index contributed by atoms with van der Waals surface area (Å²) in [4.78, 5) is 4.30. The molecule has 0 aliphatic rings. The van der Waals surface area contributed by atoms with E-state index in [1.54, 1.807) is 0 Å². The molecule has 18 heavy (non-hydrogen) atoms.